The van der Waals surface area contributed by atoms with Crippen molar-refractivity contribution in [2.24, 2.45) is 0 Å². The molecule has 1 aromatic heterocycles. The molecule has 2 heterocycles. The number of nitrogens with one attached hydrogen (secondary N) is 1. The zero-order valence-corrected chi connectivity index (χ0v) is 10.7. The molecule has 1 aliphatic heterocycles. The number of rotatable bonds is 3. The number of fused-ring (bicyclic) bond motifs is 1. The van der Waals surface area contributed by atoms with Gasteiger partial charge in [0.05, 0.1) is 4.92 Å². The number of benzene rings is 1. The highest BCUT2D eigenvalue weighted by molar-refractivity contribution is 5.59. The Morgan fingerprint density at radius 1 is 1.30 bits per heavy atom. The molecule has 0 atom stereocenters. The molecule has 0 radical (unpaired) electrons. The van der Waals surface area contributed by atoms with Gasteiger partial charge in [-0.25, -0.2) is 0 Å². The number of hydrogen-bond acceptors (Lipinski definition) is 4. The van der Waals surface area contributed by atoms with Crippen LogP contribution in [0.1, 0.15) is 11.1 Å². The first-order chi connectivity index (χ1) is 9.66. The third kappa shape index (κ3) is 2.05. The summed E-state index contributed by atoms with van der Waals surface area (Å²) >= 11 is 0. The molecule has 0 saturated heterocycles. The van der Waals surface area contributed by atoms with Crippen molar-refractivity contribution < 1.29 is 4.92 Å². The van der Waals surface area contributed by atoms with Crippen LogP contribution in [0.25, 0.3) is 0 Å². The fraction of sp³-hybridized carbons (Fsp3) is 0.214. The van der Waals surface area contributed by atoms with Crippen LogP contribution in [0.2, 0.25) is 0 Å². The van der Waals surface area contributed by atoms with E-state index >= 15 is 0 Å². The molecule has 0 fully saturated rings. The average Bonchev–Trinajstić information content (AvgIpc) is 2.92. The number of anilines is 1. The van der Waals surface area contributed by atoms with E-state index in [-0.39, 0.29) is 11.2 Å². The van der Waals surface area contributed by atoms with Gasteiger partial charge in [0.25, 0.3) is 5.56 Å². The Labute approximate surface area is 114 Å². The Balaban J connectivity index is 2.10. The second kappa shape index (κ2) is 4.80. The molecule has 2 aromatic rings. The van der Waals surface area contributed by atoms with E-state index in [1.807, 2.05) is 30.3 Å². The van der Waals surface area contributed by atoms with Crippen LogP contribution in [0.5, 0.6) is 0 Å². The first kappa shape index (κ1) is 12.4. The van der Waals surface area contributed by atoms with E-state index < -0.39 is 4.92 Å². The van der Waals surface area contributed by atoms with Crippen molar-refractivity contribution in [2.45, 2.75) is 13.0 Å². The van der Waals surface area contributed by atoms with Gasteiger partial charge in [0.2, 0.25) is 0 Å². The summed E-state index contributed by atoms with van der Waals surface area (Å²) in [7, 11) is 0. The Bertz CT molecular complexity index is 722. The molecule has 0 spiro atoms. The summed E-state index contributed by atoms with van der Waals surface area (Å²) in [5.74, 6) is 0.316. The normalized spacial score (nSPS) is 12.8. The summed E-state index contributed by atoms with van der Waals surface area (Å²) in [6.45, 7) is 1.02. The third-order valence-electron chi connectivity index (χ3n) is 3.41. The van der Waals surface area contributed by atoms with Crippen molar-refractivity contribution in [2.75, 3.05) is 11.9 Å². The molecular weight excluding hydrogens is 258 g/mol. The summed E-state index contributed by atoms with van der Waals surface area (Å²) < 4.78 is 1.45. The summed E-state index contributed by atoms with van der Waals surface area (Å²) in [5, 5.41) is 14.0. The smallest absolute Gasteiger partial charge is 0.310 e. The highest BCUT2D eigenvalue weighted by Gasteiger charge is 2.25. The molecule has 0 aliphatic carbocycles. The van der Waals surface area contributed by atoms with Crippen molar-refractivity contribution in [1.29, 1.82) is 0 Å². The third-order valence-corrected chi connectivity index (χ3v) is 3.41. The molecule has 3 rings (SSSR count). The van der Waals surface area contributed by atoms with Gasteiger partial charge in [0.1, 0.15) is 0 Å². The van der Waals surface area contributed by atoms with Gasteiger partial charge in [-0.1, -0.05) is 30.3 Å². The number of hydrogen-bond donors (Lipinski definition) is 1. The van der Waals surface area contributed by atoms with Crippen LogP contribution in [-0.2, 0) is 13.0 Å². The molecule has 1 aromatic carbocycles. The van der Waals surface area contributed by atoms with Gasteiger partial charge in [0, 0.05) is 31.1 Å². The van der Waals surface area contributed by atoms with E-state index in [0.29, 0.717) is 30.9 Å². The van der Waals surface area contributed by atoms with Crippen LogP contribution in [0, 0.1) is 10.1 Å². The summed E-state index contributed by atoms with van der Waals surface area (Å²) in [4.78, 5) is 23.0. The van der Waals surface area contributed by atoms with E-state index in [9.17, 15) is 14.9 Å². The molecule has 0 saturated carbocycles. The first-order valence-corrected chi connectivity index (χ1v) is 6.36. The quantitative estimate of drug-likeness (QED) is 0.681. The molecule has 102 valence electrons. The van der Waals surface area contributed by atoms with Gasteiger partial charge >= 0.3 is 5.69 Å². The molecule has 1 N–H and O–H groups in total. The minimum atomic E-state index is -0.446. The molecule has 6 nitrogen and oxygen atoms in total. The zero-order valence-electron chi connectivity index (χ0n) is 10.7. The Morgan fingerprint density at radius 3 is 2.75 bits per heavy atom. The predicted octanol–water partition coefficient (Wildman–Crippen LogP) is 1.77. The van der Waals surface area contributed by atoms with Gasteiger partial charge in [-0.05, 0) is 5.56 Å². The van der Waals surface area contributed by atoms with Gasteiger partial charge in [-0.2, -0.15) is 0 Å². The standard InChI is InChI=1S/C14H13N3O3/c18-14-11(8-10-4-2-1-3-5-10)9-12(17(19)20)13-15-6-7-16(13)14/h1-5,9,15H,6-8H2. The van der Waals surface area contributed by atoms with Gasteiger partial charge in [0.15, 0.2) is 5.82 Å². The van der Waals surface area contributed by atoms with Crippen molar-refractivity contribution in [3.05, 3.63) is 68.0 Å². The number of nitrogens with zero attached hydrogens (tertiary/aromatic N) is 2. The average molecular weight is 271 g/mol. The lowest BCUT2D eigenvalue weighted by molar-refractivity contribution is -0.384. The largest absolute Gasteiger partial charge is 0.364 e. The van der Waals surface area contributed by atoms with Crippen molar-refractivity contribution >= 4 is 11.5 Å². The van der Waals surface area contributed by atoms with Crippen molar-refractivity contribution in [3.63, 3.8) is 0 Å². The van der Waals surface area contributed by atoms with E-state index in [1.54, 1.807) is 0 Å². The number of nitro groups is 1. The van der Waals surface area contributed by atoms with E-state index in [1.165, 1.54) is 10.6 Å². The minimum Gasteiger partial charge on any atom is -0.364 e. The van der Waals surface area contributed by atoms with Crippen LogP contribution < -0.4 is 10.9 Å². The first-order valence-electron chi connectivity index (χ1n) is 6.36. The molecule has 20 heavy (non-hydrogen) atoms. The maximum absolute atomic E-state index is 12.3. The fourth-order valence-electron chi connectivity index (χ4n) is 2.48. The Hall–Kier alpha value is -2.63. The Morgan fingerprint density at radius 2 is 2.05 bits per heavy atom. The highest BCUT2D eigenvalue weighted by Crippen LogP contribution is 2.26. The maximum atomic E-state index is 12.3. The van der Waals surface area contributed by atoms with Gasteiger partial charge in [-0.15, -0.1) is 0 Å². The minimum absolute atomic E-state index is 0.0342. The van der Waals surface area contributed by atoms with Gasteiger partial charge in [-0.3, -0.25) is 19.5 Å². The van der Waals surface area contributed by atoms with E-state index in [4.69, 9.17) is 0 Å². The summed E-state index contributed by atoms with van der Waals surface area (Å²) in [6, 6.07) is 10.9. The monoisotopic (exact) mass is 271 g/mol. The Kier molecular flexibility index (Phi) is 2.98. The van der Waals surface area contributed by atoms with Crippen LogP contribution in [-0.4, -0.2) is 16.0 Å². The van der Waals surface area contributed by atoms with Crippen LogP contribution in [0.4, 0.5) is 11.5 Å². The summed E-state index contributed by atoms with van der Waals surface area (Å²) in [5.41, 5.74) is 1.23. The SMILES string of the molecule is O=c1c(Cc2ccccc2)cc([N+](=O)[O-])c2n1CCN2. The van der Waals surface area contributed by atoms with Crippen LogP contribution in [0.15, 0.2) is 41.2 Å². The van der Waals surface area contributed by atoms with Gasteiger partial charge < -0.3 is 5.32 Å². The molecular formula is C14H13N3O3. The fourth-order valence-corrected chi connectivity index (χ4v) is 2.48. The predicted molar refractivity (Wildman–Crippen MR) is 75.1 cm³/mol. The summed E-state index contributed by atoms with van der Waals surface area (Å²) in [6.07, 6.45) is 0.404. The van der Waals surface area contributed by atoms with E-state index in [2.05, 4.69) is 5.32 Å². The molecule has 0 amide bonds. The molecule has 6 heteroatoms. The molecule has 0 bridgehead atoms. The lowest BCUT2D eigenvalue weighted by Crippen LogP contribution is -2.23. The van der Waals surface area contributed by atoms with Crippen molar-refractivity contribution in [3.8, 4) is 0 Å². The maximum Gasteiger partial charge on any atom is 0.310 e. The lowest BCUT2D eigenvalue weighted by atomic mass is 10.1. The molecule has 0 unspecified atom stereocenters. The van der Waals surface area contributed by atoms with E-state index in [0.717, 1.165) is 5.56 Å². The second-order valence-corrected chi connectivity index (χ2v) is 4.71. The number of aromatic nitrogens is 1. The number of pyridine rings is 1. The lowest BCUT2D eigenvalue weighted by Gasteiger charge is -2.07. The van der Waals surface area contributed by atoms with Crippen LogP contribution >= 0.6 is 0 Å². The van der Waals surface area contributed by atoms with Crippen molar-refractivity contribution in [1.82, 2.24) is 4.57 Å². The molecule has 1 aliphatic rings. The highest BCUT2D eigenvalue weighted by atomic mass is 16.6. The topological polar surface area (TPSA) is 77.2 Å². The van der Waals surface area contributed by atoms with Crippen LogP contribution in [0.3, 0.4) is 0 Å². The zero-order chi connectivity index (χ0) is 14.1. The second-order valence-electron chi connectivity index (χ2n) is 4.71.